The molecule has 0 aliphatic heterocycles. The lowest BCUT2D eigenvalue weighted by atomic mass is 10.1. The van der Waals surface area contributed by atoms with Crippen molar-refractivity contribution >= 4 is 29.3 Å². The molecule has 0 aliphatic rings. The molecule has 0 fully saturated rings. The van der Waals surface area contributed by atoms with Crippen molar-refractivity contribution in [3.05, 3.63) is 64.4 Å². The van der Waals surface area contributed by atoms with Crippen LogP contribution in [0.25, 0.3) is 0 Å². The molecule has 0 saturated carbocycles. The number of carbonyl (C=O) groups is 1. The van der Waals surface area contributed by atoms with Crippen LogP contribution in [-0.4, -0.2) is 18.8 Å². The highest BCUT2D eigenvalue weighted by Crippen LogP contribution is 2.21. The third-order valence-corrected chi connectivity index (χ3v) is 4.72. The summed E-state index contributed by atoms with van der Waals surface area (Å²) in [5.74, 6) is 0.640. The average molecular weight is 368 g/mol. The molecule has 2 aromatic rings. The van der Waals surface area contributed by atoms with Gasteiger partial charge in [-0.25, -0.2) is 4.39 Å². The van der Waals surface area contributed by atoms with Gasteiger partial charge in [0.15, 0.2) is 11.6 Å². The van der Waals surface area contributed by atoms with Crippen molar-refractivity contribution in [2.24, 2.45) is 0 Å². The van der Waals surface area contributed by atoms with Gasteiger partial charge in [0.2, 0.25) is 5.91 Å². The number of amides is 1. The summed E-state index contributed by atoms with van der Waals surface area (Å²) in [7, 11) is 1.43. The van der Waals surface area contributed by atoms with Crippen molar-refractivity contribution in [2.75, 3.05) is 12.9 Å². The lowest BCUT2D eigenvalue weighted by molar-refractivity contribution is -0.119. The van der Waals surface area contributed by atoms with Crippen LogP contribution >= 0.6 is 23.4 Å². The van der Waals surface area contributed by atoms with Gasteiger partial charge < -0.3 is 10.1 Å². The van der Waals surface area contributed by atoms with E-state index >= 15 is 0 Å². The fraction of sp³-hybridized carbons (Fsp3) is 0.278. The second-order valence-corrected chi connectivity index (χ2v) is 6.72. The number of nitrogens with one attached hydrogen (secondary N) is 1. The van der Waals surface area contributed by atoms with Crippen molar-refractivity contribution in [3.63, 3.8) is 0 Å². The third-order valence-electron chi connectivity index (χ3n) is 3.47. The predicted molar refractivity (Wildman–Crippen MR) is 97.1 cm³/mol. The van der Waals surface area contributed by atoms with Gasteiger partial charge in [0.05, 0.1) is 18.9 Å². The molecule has 0 spiro atoms. The molecule has 2 rings (SSSR count). The van der Waals surface area contributed by atoms with E-state index in [0.717, 1.165) is 11.1 Å². The molecule has 6 heteroatoms. The maximum absolute atomic E-state index is 13.6. The van der Waals surface area contributed by atoms with Crippen LogP contribution in [-0.2, 0) is 10.5 Å². The quantitative estimate of drug-likeness (QED) is 0.777. The molecular weight excluding hydrogens is 349 g/mol. The number of thioether (sulfide) groups is 1. The SMILES string of the molecule is COc1ccc(CSCC(=O)N[C@@H](C)c2ccc(Cl)cc2)cc1F. The van der Waals surface area contributed by atoms with E-state index in [1.54, 1.807) is 24.3 Å². The Morgan fingerprint density at radius 1 is 1.29 bits per heavy atom. The Balaban J connectivity index is 1.78. The summed E-state index contributed by atoms with van der Waals surface area (Å²) < 4.78 is 18.5. The van der Waals surface area contributed by atoms with Gasteiger partial charge in [-0.3, -0.25) is 4.79 Å². The van der Waals surface area contributed by atoms with Crippen LogP contribution in [0.2, 0.25) is 5.02 Å². The highest BCUT2D eigenvalue weighted by atomic mass is 35.5. The number of carbonyl (C=O) groups excluding carboxylic acids is 1. The summed E-state index contributed by atoms with van der Waals surface area (Å²) in [4.78, 5) is 12.0. The van der Waals surface area contributed by atoms with E-state index in [1.165, 1.54) is 24.9 Å². The number of hydrogen-bond acceptors (Lipinski definition) is 3. The molecule has 2 aromatic carbocycles. The normalized spacial score (nSPS) is 11.8. The lowest BCUT2D eigenvalue weighted by Gasteiger charge is -2.14. The van der Waals surface area contributed by atoms with Gasteiger partial charge in [-0.15, -0.1) is 11.8 Å². The lowest BCUT2D eigenvalue weighted by Crippen LogP contribution is -2.28. The standard InChI is InChI=1S/C18H19ClFNO2S/c1-12(14-4-6-15(19)7-5-14)21-18(22)11-24-10-13-3-8-17(23-2)16(20)9-13/h3-9,12H,10-11H2,1-2H3,(H,21,22)/t12-/m0/s1. The summed E-state index contributed by atoms with van der Waals surface area (Å²) in [6.45, 7) is 1.92. The van der Waals surface area contributed by atoms with E-state index in [4.69, 9.17) is 16.3 Å². The van der Waals surface area contributed by atoms with Gasteiger partial charge in [-0.1, -0.05) is 29.8 Å². The molecule has 1 N–H and O–H groups in total. The Morgan fingerprint density at radius 3 is 2.62 bits per heavy atom. The number of ether oxygens (including phenoxy) is 1. The monoisotopic (exact) mass is 367 g/mol. The van der Waals surface area contributed by atoms with Crippen LogP contribution in [0.15, 0.2) is 42.5 Å². The first-order valence-electron chi connectivity index (χ1n) is 7.44. The molecule has 0 radical (unpaired) electrons. The molecule has 1 atom stereocenters. The smallest absolute Gasteiger partial charge is 0.230 e. The van der Waals surface area contributed by atoms with E-state index in [-0.39, 0.29) is 17.7 Å². The molecule has 0 saturated heterocycles. The molecule has 128 valence electrons. The van der Waals surface area contributed by atoms with E-state index in [2.05, 4.69) is 5.32 Å². The van der Waals surface area contributed by atoms with Crippen molar-refractivity contribution in [1.82, 2.24) is 5.32 Å². The molecule has 1 amide bonds. The fourth-order valence-corrected chi connectivity index (χ4v) is 3.09. The van der Waals surface area contributed by atoms with Crippen LogP contribution in [0.1, 0.15) is 24.1 Å². The molecule has 0 heterocycles. The summed E-state index contributed by atoms with van der Waals surface area (Å²) in [6, 6.07) is 12.1. The van der Waals surface area contributed by atoms with Crippen molar-refractivity contribution in [3.8, 4) is 5.75 Å². The van der Waals surface area contributed by atoms with Crippen LogP contribution in [0.3, 0.4) is 0 Å². The van der Waals surface area contributed by atoms with Crippen molar-refractivity contribution < 1.29 is 13.9 Å². The van der Waals surface area contributed by atoms with E-state index < -0.39 is 5.82 Å². The molecule has 0 bridgehead atoms. The highest BCUT2D eigenvalue weighted by molar-refractivity contribution is 7.99. The first-order valence-corrected chi connectivity index (χ1v) is 8.98. The fourth-order valence-electron chi connectivity index (χ4n) is 2.18. The van der Waals surface area contributed by atoms with Gasteiger partial charge in [0.1, 0.15) is 0 Å². The molecule has 0 unspecified atom stereocenters. The number of hydrogen-bond donors (Lipinski definition) is 1. The minimum Gasteiger partial charge on any atom is -0.494 e. The van der Waals surface area contributed by atoms with E-state index in [1.807, 2.05) is 19.1 Å². The second-order valence-electron chi connectivity index (χ2n) is 5.30. The van der Waals surface area contributed by atoms with Crippen molar-refractivity contribution in [1.29, 1.82) is 0 Å². The van der Waals surface area contributed by atoms with E-state index in [0.29, 0.717) is 16.5 Å². The zero-order valence-electron chi connectivity index (χ0n) is 13.5. The van der Waals surface area contributed by atoms with Crippen LogP contribution in [0.4, 0.5) is 4.39 Å². The largest absolute Gasteiger partial charge is 0.494 e. The molecular formula is C18H19ClFNO2S. The Labute approximate surface area is 150 Å². The molecule has 3 nitrogen and oxygen atoms in total. The van der Waals surface area contributed by atoms with Crippen LogP contribution in [0, 0.1) is 5.82 Å². The number of benzene rings is 2. The van der Waals surface area contributed by atoms with Crippen LogP contribution in [0.5, 0.6) is 5.75 Å². The van der Waals surface area contributed by atoms with Gasteiger partial charge in [0, 0.05) is 10.8 Å². The predicted octanol–water partition coefficient (Wildman–Crippen LogP) is 4.60. The highest BCUT2D eigenvalue weighted by Gasteiger charge is 2.10. The number of halogens is 2. The van der Waals surface area contributed by atoms with Crippen LogP contribution < -0.4 is 10.1 Å². The zero-order valence-corrected chi connectivity index (χ0v) is 15.1. The third kappa shape index (κ3) is 5.42. The molecule has 0 aromatic heterocycles. The maximum atomic E-state index is 13.6. The van der Waals surface area contributed by atoms with Gasteiger partial charge in [-0.2, -0.15) is 0 Å². The Kier molecular flexibility index (Phi) is 6.94. The van der Waals surface area contributed by atoms with E-state index in [9.17, 15) is 9.18 Å². The average Bonchev–Trinajstić information content (AvgIpc) is 2.55. The first-order chi connectivity index (χ1) is 11.5. The molecule has 24 heavy (non-hydrogen) atoms. The summed E-state index contributed by atoms with van der Waals surface area (Å²) in [5.41, 5.74) is 1.81. The Hall–Kier alpha value is -1.72. The minimum atomic E-state index is -0.392. The minimum absolute atomic E-state index is 0.0589. The molecule has 0 aliphatic carbocycles. The Bertz CT molecular complexity index is 694. The summed E-state index contributed by atoms with van der Waals surface area (Å²) in [5, 5.41) is 3.60. The van der Waals surface area contributed by atoms with Gasteiger partial charge in [0.25, 0.3) is 0 Å². The topological polar surface area (TPSA) is 38.3 Å². The number of methoxy groups -OCH3 is 1. The summed E-state index contributed by atoms with van der Waals surface area (Å²) in [6.07, 6.45) is 0. The Morgan fingerprint density at radius 2 is 2.00 bits per heavy atom. The van der Waals surface area contributed by atoms with Gasteiger partial charge >= 0.3 is 0 Å². The zero-order chi connectivity index (χ0) is 17.5. The summed E-state index contributed by atoms with van der Waals surface area (Å²) >= 11 is 7.29. The maximum Gasteiger partial charge on any atom is 0.230 e. The second kappa shape index (κ2) is 8.94. The van der Waals surface area contributed by atoms with Crippen molar-refractivity contribution in [2.45, 2.75) is 18.7 Å². The van der Waals surface area contributed by atoms with Gasteiger partial charge in [-0.05, 0) is 42.3 Å². The first kappa shape index (κ1) is 18.6. The number of rotatable bonds is 7.